The minimum Gasteiger partial charge on any atom is -0.366 e. The second kappa shape index (κ2) is 3.85. The molecule has 0 radical (unpaired) electrons. The summed E-state index contributed by atoms with van der Waals surface area (Å²) < 4.78 is 37.3. The second-order valence-electron chi connectivity index (χ2n) is 2.75. The average Bonchev–Trinajstić information content (AvgIpc) is 2.15. The minimum absolute atomic E-state index is 0.155. The standard InChI is InChI=1S/C8H8F3N3O/c9-8(10,11)4-1-2-14-5(3-12)6(4)7(13)15/h1-2H,3,12H2,(H2,13,15). The molecule has 0 aliphatic carbocycles. The maximum atomic E-state index is 12.4. The fourth-order valence-electron chi connectivity index (χ4n) is 1.17. The van der Waals surface area contributed by atoms with Gasteiger partial charge in [-0.05, 0) is 6.07 Å². The summed E-state index contributed by atoms with van der Waals surface area (Å²) in [5.74, 6) is -1.18. The van der Waals surface area contributed by atoms with Crippen molar-refractivity contribution < 1.29 is 18.0 Å². The molecule has 0 aromatic carbocycles. The van der Waals surface area contributed by atoms with Crippen molar-refractivity contribution in [2.75, 3.05) is 0 Å². The molecule has 0 unspecified atom stereocenters. The zero-order chi connectivity index (χ0) is 11.6. The average molecular weight is 219 g/mol. The number of alkyl halides is 3. The van der Waals surface area contributed by atoms with E-state index in [0.717, 1.165) is 6.20 Å². The van der Waals surface area contributed by atoms with Crippen molar-refractivity contribution in [3.05, 3.63) is 29.1 Å². The Labute approximate surface area is 83.1 Å². The number of hydrogen-bond acceptors (Lipinski definition) is 3. The summed E-state index contributed by atoms with van der Waals surface area (Å²) in [6, 6.07) is 0.694. The highest BCUT2D eigenvalue weighted by atomic mass is 19.4. The zero-order valence-corrected chi connectivity index (χ0v) is 7.51. The fourth-order valence-corrected chi connectivity index (χ4v) is 1.17. The van der Waals surface area contributed by atoms with Crippen molar-refractivity contribution in [2.24, 2.45) is 11.5 Å². The lowest BCUT2D eigenvalue weighted by molar-refractivity contribution is -0.138. The molecule has 0 spiro atoms. The lowest BCUT2D eigenvalue weighted by Gasteiger charge is -2.12. The number of halogens is 3. The third kappa shape index (κ3) is 2.24. The van der Waals surface area contributed by atoms with Crippen molar-refractivity contribution in [1.82, 2.24) is 4.98 Å². The fraction of sp³-hybridized carbons (Fsp3) is 0.250. The first-order chi connectivity index (χ1) is 6.88. The molecule has 4 nitrogen and oxygen atoms in total. The maximum Gasteiger partial charge on any atom is 0.417 e. The van der Waals surface area contributed by atoms with Gasteiger partial charge in [0.2, 0.25) is 0 Å². The molecule has 0 atom stereocenters. The van der Waals surface area contributed by atoms with Crippen molar-refractivity contribution in [3.8, 4) is 0 Å². The number of amides is 1. The number of primary amides is 1. The van der Waals surface area contributed by atoms with E-state index in [-0.39, 0.29) is 12.2 Å². The Morgan fingerprint density at radius 1 is 1.47 bits per heavy atom. The van der Waals surface area contributed by atoms with Crippen molar-refractivity contribution in [1.29, 1.82) is 0 Å². The predicted molar refractivity (Wildman–Crippen MR) is 45.6 cm³/mol. The molecule has 0 aliphatic heterocycles. The summed E-state index contributed by atoms with van der Waals surface area (Å²) in [6.07, 6.45) is -3.70. The first-order valence-electron chi connectivity index (χ1n) is 3.93. The van der Waals surface area contributed by atoms with E-state index in [0.29, 0.717) is 6.07 Å². The van der Waals surface area contributed by atoms with Gasteiger partial charge in [-0.15, -0.1) is 0 Å². The van der Waals surface area contributed by atoms with Gasteiger partial charge in [0.1, 0.15) is 0 Å². The Hall–Kier alpha value is -1.63. The van der Waals surface area contributed by atoms with Crippen LogP contribution in [0.25, 0.3) is 0 Å². The van der Waals surface area contributed by atoms with Crippen LogP contribution < -0.4 is 11.5 Å². The van der Waals surface area contributed by atoms with Gasteiger partial charge < -0.3 is 11.5 Å². The monoisotopic (exact) mass is 219 g/mol. The van der Waals surface area contributed by atoms with Crippen LogP contribution in [0.15, 0.2) is 12.3 Å². The van der Waals surface area contributed by atoms with Crippen LogP contribution in [0.3, 0.4) is 0 Å². The van der Waals surface area contributed by atoms with Crippen LogP contribution in [0.4, 0.5) is 13.2 Å². The summed E-state index contributed by atoms with van der Waals surface area (Å²) in [6.45, 7) is -0.276. The maximum absolute atomic E-state index is 12.4. The van der Waals surface area contributed by atoms with Gasteiger partial charge in [-0.1, -0.05) is 0 Å². The Balaban J connectivity index is 3.46. The molecule has 1 rings (SSSR count). The molecule has 0 saturated heterocycles. The van der Waals surface area contributed by atoms with Crippen molar-refractivity contribution >= 4 is 5.91 Å². The zero-order valence-electron chi connectivity index (χ0n) is 7.51. The van der Waals surface area contributed by atoms with Gasteiger partial charge in [0, 0.05) is 12.7 Å². The second-order valence-corrected chi connectivity index (χ2v) is 2.75. The number of carbonyl (C=O) groups excluding carboxylic acids is 1. The van der Waals surface area contributed by atoms with Crippen LogP contribution in [0, 0.1) is 0 Å². The minimum atomic E-state index is -4.64. The third-order valence-corrected chi connectivity index (χ3v) is 1.77. The van der Waals surface area contributed by atoms with Gasteiger partial charge in [0.05, 0.1) is 16.8 Å². The molecule has 15 heavy (non-hydrogen) atoms. The van der Waals surface area contributed by atoms with Gasteiger partial charge in [-0.3, -0.25) is 9.78 Å². The van der Waals surface area contributed by atoms with E-state index in [9.17, 15) is 18.0 Å². The van der Waals surface area contributed by atoms with Gasteiger partial charge in [0.25, 0.3) is 5.91 Å². The molecule has 1 aromatic heterocycles. The van der Waals surface area contributed by atoms with Crippen LogP contribution in [-0.4, -0.2) is 10.9 Å². The molecule has 1 heterocycles. The molecule has 7 heteroatoms. The van der Waals surface area contributed by atoms with Crippen LogP contribution in [0.5, 0.6) is 0 Å². The van der Waals surface area contributed by atoms with Crippen LogP contribution in [-0.2, 0) is 12.7 Å². The van der Waals surface area contributed by atoms with Crippen molar-refractivity contribution in [2.45, 2.75) is 12.7 Å². The smallest absolute Gasteiger partial charge is 0.366 e. The number of hydrogen-bond donors (Lipinski definition) is 2. The summed E-state index contributed by atoms with van der Waals surface area (Å²) in [7, 11) is 0. The van der Waals surface area contributed by atoms with Gasteiger partial charge in [-0.25, -0.2) is 0 Å². The van der Waals surface area contributed by atoms with Gasteiger partial charge in [-0.2, -0.15) is 13.2 Å². The Morgan fingerprint density at radius 3 is 2.47 bits per heavy atom. The number of aromatic nitrogens is 1. The topological polar surface area (TPSA) is 82.0 Å². The first kappa shape index (κ1) is 11.4. The summed E-state index contributed by atoms with van der Waals surface area (Å²) in [5.41, 5.74) is 8.10. The third-order valence-electron chi connectivity index (χ3n) is 1.77. The molecule has 1 amide bonds. The SMILES string of the molecule is NCc1nccc(C(F)(F)F)c1C(N)=O. The number of nitrogens with two attached hydrogens (primary N) is 2. The molecule has 82 valence electrons. The first-order valence-corrected chi connectivity index (χ1v) is 3.93. The number of pyridine rings is 1. The van der Waals surface area contributed by atoms with E-state index in [2.05, 4.69) is 4.98 Å². The highest BCUT2D eigenvalue weighted by Crippen LogP contribution is 2.32. The van der Waals surface area contributed by atoms with E-state index in [4.69, 9.17) is 11.5 Å². The normalized spacial score (nSPS) is 11.5. The van der Waals surface area contributed by atoms with E-state index < -0.39 is 23.2 Å². The molecule has 4 N–H and O–H groups in total. The van der Waals surface area contributed by atoms with E-state index >= 15 is 0 Å². The Kier molecular flexibility index (Phi) is 2.94. The molecular formula is C8H8F3N3O. The Bertz CT molecular complexity index is 389. The Morgan fingerprint density at radius 2 is 2.07 bits per heavy atom. The molecule has 0 bridgehead atoms. The molecule has 0 aliphatic rings. The van der Waals surface area contributed by atoms with E-state index in [1.54, 1.807) is 0 Å². The lowest BCUT2D eigenvalue weighted by atomic mass is 10.1. The van der Waals surface area contributed by atoms with Crippen LogP contribution >= 0.6 is 0 Å². The number of nitrogens with zero attached hydrogens (tertiary/aromatic N) is 1. The molecule has 0 fully saturated rings. The van der Waals surface area contributed by atoms with Crippen LogP contribution in [0.2, 0.25) is 0 Å². The highest BCUT2D eigenvalue weighted by Gasteiger charge is 2.36. The number of carbonyl (C=O) groups is 1. The number of rotatable bonds is 2. The largest absolute Gasteiger partial charge is 0.417 e. The predicted octanol–water partition coefficient (Wildman–Crippen LogP) is 0.658. The quantitative estimate of drug-likeness (QED) is 0.766. The summed E-state index contributed by atoms with van der Waals surface area (Å²) in [4.78, 5) is 14.4. The molecular weight excluding hydrogens is 211 g/mol. The summed E-state index contributed by atoms with van der Waals surface area (Å²) in [5, 5.41) is 0. The molecule has 1 aromatic rings. The van der Waals surface area contributed by atoms with Crippen molar-refractivity contribution in [3.63, 3.8) is 0 Å². The van der Waals surface area contributed by atoms with Gasteiger partial charge >= 0.3 is 6.18 Å². The van der Waals surface area contributed by atoms with Gasteiger partial charge in [0.15, 0.2) is 0 Å². The van der Waals surface area contributed by atoms with E-state index in [1.165, 1.54) is 0 Å². The highest BCUT2D eigenvalue weighted by molar-refractivity contribution is 5.95. The molecule has 0 saturated carbocycles. The van der Waals surface area contributed by atoms with Crippen LogP contribution in [0.1, 0.15) is 21.6 Å². The summed E-state index contributed by atoms with van der Waals surface area (Å²) >= 11 is 0. The van der Waals surface area contributed by atoms with E-state index in [1.807, 2.05) is 0 Å². The lowest BCUT2D eigenvalue weighted by Crippen LogP contribution is -2.23.